The Balaban J connectivity index is 2.25. The molecule has 3 nitrogen and oxygen atoms in total. The zero-order valence-corrected chi connectivity index (χ0v) is 8.52. The molecule has 77 valence electrons. The van der Waals surface area contributed by atoms with E-state index in [4.69, 9.17) is 0 Å². The molecule has 0 bridgehead atoms. The first-order valence-electron chi connectivity index (χ1n) is 4.98. The van der Waals surface area contributed by atoms with Crippen LogP contribution in [-0.4, -0.2) is 24.5 Å². The molecule has 1 aromatic rings. The summed E-state index contributed by atoms with van der Waals surface area (Å²) in [7, 11) is 0. The van der Waals surface area contributed by atoms with Crippen molar-refractivity contribution in [2.75, 3.05) is 18.1 Å². The molecule has 0 saturated carbocycles. The SMILES string of the molecule is C=CCN([C]=O)N1CCc2ccccc21. The molecule has 1 aliphatic rings. The van der Waals surface area contributed by atoms with E-state index in [0.717, 1.165) is 18.7 Å². The summed E-state index contributed by atoms with van der Waals surface area (Å²) in [6, 6.07) is 8.11. The number of rotatable bonds is 4. The molecule has 0 atom stereocenters. The van der Waals surface area contributed by atoms with Crippen LogP contribution in [0.2, 0.25) is 0 Å². The van der Waals surface area contributed by atoms with E-state index in [2.05, 4.69) is 12.6 Å². The predicted molar refractivity (Wildman–Crippen MR) is 60.1 cm³/mol. The summed E-state index contributed by atoms with van der Waals surface area (Å²) >= 11 is 0. The van der Waals surface area contributed by atoms with Gasteiger partial charge in [0, 0.05) is 6.54 Å². The maximum atomic E-state index is 10.8. The molecule has 0 spiro atoms. The van der Waals surface area contributed by atoms with Crippen molar-refractivity contribution in [2.24, 2.45) is 0 Å². The first-order valence-corrected chi connectivity index (χ1v) is 4.98. The van der Waals surface area contributed by atoms with Crippen LogP contribution in [0, 0.1) is 0 Å². The first kappa shape index (κ1) is 9.77. The maximum absolute atomic E-state index is 10.8. The van der Waals surface area contributed by atoms with Crippen LogP contribution in [0.5, 0.6) is 0 Å². The first-order chi connectivity index (χ1) is 7.36. The molecule has 2 rings (SSSR count). The van der Waals surface area contributed by atoms with Gasteiger partial charge in [-0.05, 0) is 18.1 Å². The van der Waals surface area contributed by atoms with Crippen LogP contribution in [0.3, 0.4) is 0 Å². The minimum Gasteiger partial charge on any atom is -0.282 e. The molecule has 1 radical (unpaired) electrons. The predicted octanol–water partition coefficient (Wildman–Crippen LogP) is 1.52. The molecule has 1 heterocycles. The second kappa shape index (κ2) is 4.17. The molecule has 0 saturated heterocycles. The Morgan fingerprint density at radius 3 is 3.07 bits per heavy atom. The number of anilines is 1. The molecule has 1 aliphatic heterocycles. The number of amides is 1. The van der Waals surface area contributed by atoms with Gasteiger partial charge in [-0.1, -0.05) is 24.3 Å². The molecule has 1 amide bonds. The van der Waals surface area contributed by atoms with Gasteiger partial charge in [0.2, 0.25) is 0 Å². The summed E-state index contributed by atoms with van der Waals surface area (Å²) < 4.78 is 0. The summed E-state index contributed by atoms with van der Waals surface area (Å²) in [5, 5.41) is 3.48. The minimum atomic E-state index is 0.498. The third-order valence-corrected chi connectivity index (χ3v) is 2.56. The van der Waals surface area contributed by atoms with Crippen LogP contribution in [0.25, 0.3) is 0 Å². The molecule has 0 fully saturated rings. The van der Waals surface area contributed by atoms with Gasteiger partial charge in [0.25, 0.3) is 0 Å². The second-order valence-electron chi connectivity index (χ2n) is 3.46. The number of nitrogens with zero attached hydrogens (tertiary/aromatic N) is 2. The van der Waals surface area contributed by atoms with Crippen LogP contribution in [-0.2, 0) is 11.2 Å². The van der Waals surface area contributed by atoms with E-state index in [1.807, 2.05) is 29.6 Å². The van der Waals surface area contributed by atoms with Crippen LogP contribution in [0.15, 0.2) is 36.9 Å². The van der Waals surface area contributed by atoms with Crippen molar-refractivity contribution in [1.29, 1.82) is 0 Å². The maximum Gasteiger partial charge on any atom is 0.332 e. The fourth-order valence-electron chi connectivity index (χ4n) is 1.88. The van der Waals surface area contributed by atoms with Crippen molar-refractivity contribution >= 4 is 12.1 Å². The zero-order valence-electron chi connectivity index (χ0n) is 8.52. The van der Waals surface area contributed by atoms with E-state index >= 15 is 0 Å². The van der Waals surface area contributed by atoms with Gasteiger partial charge in [0.05, 0.1) is 12.2 Å². The molecule has 0 aromatic heterocycles. The Hall–Kier alpha value is -1.77. The molecule has 3 heteroatoms. The fraction of sp³-hybridized carbons (Fsp3) is 0.250. The summed E-state index contributed by atoms with van der Waals surface area (Å²) in [5.41, 5.74) is 2.38. The molecular formula is C12H13N2O. The average molecular weight is 201 g/mol. The van der Waals surface area contributed by atoms with E-state index in [-0.39, 0.29) is 0 Å². The van der Waals surface area contributed by atoms with Gasteiger partial charge in [-0.15, -0.1) is 6.58 Å². The molecule has 0 unspecified atom stereocenters. The Morgan fingerprint density at radius 1 is 1.53 bits per heavy atom. The fourth-order valence-corrected chi connectivity index (χ4v) is 1.88. The van der Waals surface area contributed by atoms with E-state index in [1.165, 1.54) is 10.6 Å². The second-order valence-corrected chi connectivity index (χ2v) is 3.46. The molecular weight excluding hydrogens is 188 g/mol. The highest BCUT2D eigenvalue weighted by Crippen LogP contribution is 2.28. The van der Waals surface area contributed by atoms with Gasteiger partial charge in [-0.3, -0.25) is 9.80 Å². The lowest BCUT2D eigenvalue weighted by atomic mass is 10.2. The lowest BCUT2D eigenvalue weighted by molar-refractivity contribution is 0.388. The average Bonchev–Trinajstić information content (AvgIpc) is 2.70. The summed E-state index contributed by atoms with van der Waals surface area (Å²) in [6.45, 7) is 4.96. The largest absolute Gasteiger partial charge is 0.332 e. The van der Waals surface area contributed by atoms with E-state index in [0.29, 0.717) is 6.54 Å². The van der Waals surface area contributed by atoms with Crippen molar-refractivity contribution in [3.8, 4) is 0 Å². The van der Waals surface area contributed by atoms with E-state index in [9.17, 15) is 4.79 Å². The molecule has 0 aliphatic carbocycles. The van der Waals surface area contributed by atoms with Crippen LogP contribution in [0.1, 0.15) is 5.56 Å². The number of benzene rings is 1. The third-order valence-electron chi connectivity index (χ3n) is 2.56. The minimum absolute atomic E-state index is 0.498. The van der Waals surface area contributed by atoms with Crippen molar-refractivity contribution < 1.29 is 4.79 Å². The molecule has 0 N–H and O–H groups in total. The molecule has 1 aromatic carbocycles. The Kier molecular flexibility index (Phi) is 2.72. The normalized spacial score (nSPS) is 13.5. The summed E-state index contributed by atoms with van der Waals surface area (Å²) in [6.07, 6.45) is 4.60. The van der Waals surface area contributed by atoms with E-state index in [1.54, 1.807) is 6.08 Å². The summed E-state index contributed by atoms with van der Waals surface area (Å²) in [5.74, 6) is 0. The highest BCUT2D eigenvalue weighted by molar-refractivity contribution is 5.62. The standard InChI is InChI=1S/C12H13N2O/c1-2-8-13(10-15)14-9-7-11-5-3-4-6-12(11)14/h2-6H,1,7-9H2. The van der Waals surface area contributed by atoms with Gasteiger partial charge in [-0.25, -0.2) is 5.01 Å². The van der Waals surface area contributed by atoms with Gasteiger partial charge >= 0.3 is 6.41 Å². The Bertz CT molecular complexity index is 376. The monoisotopic (exact) mass is 201 g/mol. The Morgan fingerprint density at radius 2 is 2.33 bits per heavy atom. The number of carbonyl (C=O) groups excluding carboxylic acids is 1. The quantitative estimate of drug-likeness (QED) is 0.544. The third kappa shape index (κ3) is 1.73. The van der Waals surface area contributed by atoms with E-state index < -0.39 is 0 Å². The van der Waals surface area contributed by atoms with Crippen LogP contribution >= 0.6 is 0 Å². The van der Waals surface area contributed by atoms with Crippen molar-refractivity contribution in [1.82, 2.24) is 5.01 Å². The number of fused-ring (bicyclic) bond motifs is 1. The van der Waals surface area contributed by atoms with Gasteiger partial charge in [0.15, 0.2) is 0 Å². The summed E-state index contributed by atoms with van der Waals surface area (Å²) in [4.78, 5) is 10.8. The van der Waals surface area contributed by atoms with Crippen molar-refractivity contribution in [3.05, 3.63) is 42.5 Å². The van der Waals surface area contributed by atoms with Gasteiger partial charge in [-0.2, -0.15) is 0 Å². The molecule has 15 heavy (non-hydrogen) atoms. The van der Waals surface area contributed by atoms with Gasteiger partial charge < -0.3 is 0 Å². The number of hydrogen-bond donors (Lipinski definition) is 0. The Labute approximate surface area is 89.6 Å². The number of hydrogen-bond acceptors (Lipinski definition) is 2. The van der Waals surface area contributed by atoms with Gasteiger partial charge in [0.1, 0.15) is 0 Å². The highest BCUT2D eigenvalue weighted by Gasteiger charge is 2.22. The van der Waals surface area contributed by atoms with Crippen LogP contribution in [0.4, 0.5) is 5.69 Å². The van der Waals surface area contributed by atoms with Crippen LogP contribution < -0.4 is 5.01 Å². The lowest BCUT2D eigenvalue weighted by Crippen LogP contribution is -2.40. The smallest absolute Gasteiger partial charge is 0.282 e. The number of hydrazine groups is 1. The van der Waals surface area contributed by atoms with Crippen molar-refractivity contribution in [3.63, 3.8) is 0 Å². The van der Waals surface area contributed by atoms with Crippen molar-refractivity contribution in [2.45, 2.75) is 6.42 Å². The number of para-hydroxylation sites is 1. The highest BCUT2D eigenvalue weighted by atomic mass is 16.1. The topological polar surface area (TPSA) is 23.6 Å². The zero-order chi connectivity index (χ0) is 10.7. The lowest BCUT2D eigenvalue weighted by Gasteiger charge is -2.28.